The van der Waals surface area contributed by atoms with E-state index in [0.29, 0.717) is 0 Å². The molecule has 0 heterocycles. The topological polar surface area (TPSA) is 0 Å². The van der Waals surface area contributed by atoms with Crippen LogP contribution >= 0.6 is 18.2 Å². The Kier molecular flexibility index (Phi) is 4.81. The summed E-state index contributed by atoms with van der Waals surface area (Å²) in [5.41, 5.74) is 0. The van der Waals surface area contributed by atoms with Gasteiger partial charge in [0.05, 0.1) is 0 Å². The van der Waals surface area contributed by atoms with Crippen molar-refractivity contribution in [3.8, 4) is 0 Å². The Labute approximate surface area is 178 Å². The van der Waals surface area contributed by atoms with Gasteiger partial charge in [-0.15, -0.1) is 7.51 Å². The number of rotatable bonds is 3. The third kappa shape index (κ3) is 2.17. The molecule has 0 fully saturated rings. The maximum absolute atomic E-state index is 14.1. The SMILES string of the molecule is CC(C)(C)S(Cl)(c1ccccc1)(c1ccccc1)(c1ccc(F)cc1)C(C)(C)C. The third-order valence-corrected chi connectivity index (χ3v) is 21.3. The molecule has 3 rings (SSSR count). The fourth-order valence-electron chi connectivity index (χ4n) is 5.69. The normalized spacial score (nSPS) is 15.4. The van der Waals surface area contributed by atoms with E-state index in [4.69, 9.17) is 10.7 Å². The van der Waals surface area contributed by atoms with E-state index < -0.39 is 17.0 Å². The van der Waals surface area contributed by atoms with Crippen molar-refractivity contribution in [2.75, 3.05) is 0 Å². The second-order valence-electron chi connectivity index (χ2n) is 9.71. The van der Waals surface area contributed by atoms with Crippen molar-refractivity contribution in [1.82, 2.24) is 0 Å². The summed E-state index contributed by atoms with van der Waals surface area (Å²) in [5.74, 6) is -0.257. The van der Waals surface area contributed by atoms with Crippen LogP contribution in [0.3, 0.4) is 0 Å². The van der Waals surface area contributed by atoms with Crippen LogP contribution in [-0.2, 0) is 0 Å². The van der Waals surface area contributed by atoms with Crippen LogP contribution in [0.25, 0.3) is 0 Å². The second kappa shape index (κ2) is 6.36. The van der Waals surface area contributed by atoms with Crippen LogP contribution in [0.5, 0.6) is 0 Å². The Morgan fingerprint density at radius 1 is 0.552 bits per heavy atom. The summed E-state index contributed by atoms with van der Waals surface area (Å²) in [6.45, 7) is 13.4. The molecule has 0 nitrogen and oxygen atoms in total. The summed E-state index contributed by atoms with van der Waals surface area (Å²) >= 11 is 0. The maximum Gasteiger partial charge on any atom is 0.123 e. The van der Waals surface area contributed by atoms with E-state index >= 15 is 0 Å². The first-order chi connectivity index (χ1) is 13.4. The molecular formula is C26H32ClFS. The molecule has 0 bridgehead atoms. The van der Waals surface area contributed by atoms with Crippen LogP contribution < -0.4 is 0 Å². The molecule has 156 valence electrons. The predicted molar refractivity (Wildman–Crippen MR) is 127 cm³/mol. The molecule has 0 atom stereocenters. The lowest BCUT2D eigenvalue weighted by atomic mass is 10.2. The van der Waals surface area contributed by atoms with E-state index in [1.165, 1.54) is 0 Å². The molecule has 0 unspecified atom stereocenters. The molecule has 0 amide bonds. The van der Waals surface area contributed by atoms with Crippen molar-refractivity contribution in [3.63, 3.8) is 0 Å². The van der Waals surface area contributed by atoms with Crippen LogP contribution in [0.2, 0.25) is 0 Å². The molecule has 0 saturated carbocycles. The van der Waals surface area contributed by atoms with Crippen LogP contribution in [0, 0.1) is 5.82 Å². The molecule has 3 heteroatoms. The quantitative estimate of drug-likeness (QED) is 0.389. The van der Waals surface area contributed by atoms with Gasteiger partial charge >= 0.3 is 0 Å². The monoisotopic (exact) mass is 430 g/mol. The largest absolute Gasteiger partial charge is 0.207 e. The van der Waals surface area contributed by atoms with E-state index in [9.17, 15) is 4.39 Å². The average Bonchev–Trinajstić information content (AvgIpc) is 2.67. The van der Waals surface area contributed by atoms with Gasteiger partial charge in [0.15, 0.2) is 0 Å². The van der Waals surface area contributed by atoms with Gasteiger partial charge < -0.3 is 0 Å². The summed E-state index contributed by atoms with van der Waals surface area (Å²) in [6.07, 6.45) is 0. The van der Waals surface area contributed by atoms with Crippen molar-refractivity contribution in [3.05, 3.63) is 90.7 Å². The zero-order valence-electron chi connectivity index (χ0n) is 18.2. The molecule has 0 saturated heterocycles. The first-order valence-corrected chi connectivity index (χ1v) is 13.3. The summed E-state index contributed by atoms with van der Waals surface area (Å²) < 4.78 is 13.3. The Bertz CT molecular complexity index is 953. The van der Waals surface area contributed by atoms with Crippen molar-refractivity contribution < 1.29 is 4.39 Å². The smallest absolute Gasteiger partial charge is 0.123 e. The maximum atomic E-state index is 14.1. The highest BCUT2D eigenvalue weighted by Crippen LogP contribution is 3.14. The van der Waals surface area contributed by atoms with Crippen molar-refractivity contribution >= 4 is 18.2 Å². The fraction of sp³-hybridized carbons (Fsp3) is 0.308. The van der Waals surface area contributed by atoms with Crippen molar-refractivity contribution in [2.24, 2.45) is 0 Å². The summed E-state index contributed by atoms with van der Waals surface area (Å²) in [7, 11) is 4.53. The summed E-state index contributed by atoms with van der Waals surface area (Å²) in [6, 6.07) is 27.8. The Morgan fingerprint density at radius 2 is 0.862 bits per heavy atom. The molecule has 3 aromatic rings. The minimum atomic E-state index is -4.11. The predicted octanol–water partition coefficient (Wildman–Crippen LogP) is 8.93. The van der Waals surface area contributed by atoms with Crippen molar-refractivity contribution in [1.29, 1.82) is 0 Å². The van der Waals surface area contributed by atoms with E-state index in [1.54, 1.807) is 12.1 Å². The average molecular weight is 431 g/mol. The highest BCUT2D eigenvalue weighted by molar-refractivity contribution is 8.80. The molecule has 0 radical (unpaired) electrons. The van der Waals surface area contributed by atoms with Gasteiger partial charge in [0.25, 0.3) is 0 Å². The molecule has 0 spiro atoms. The van der Waals surface area contributed by atoms with Gasteiger partial charge in [0.2, 0.25) is 0 Å². The molecule has 0 aliphatic rings. The number of benzene rings is 3. The van der Waals surface area contributed by atoms with E-state index in [2.05, 4.69) is 90.1 Å². The number of hydrogen-bond acceptors (Lipinski definition) is 0. The molecule has 3 aromatic carbocycles. The van der Waals surface area contributed by atoms with E-state index in [-0.39, 0.29) is 5.82 Å². The zero-order valence-corrected chi connectivity index (χ0v) is 19.8. The number of hydrogen-bond donors (Lipinski definition) is 0. The highest BCUT2D eigenvalue weighted by Gasteiger charge is 2.76. The summed E-state index contributed by atoms with van der Waals surface area (Å²) in [5, 5.41) is 0. The van der Waals surface area contributed by atoms with Gasteiger partial charge in [-0.1, -0.05) is 88.6 Å². The van der Waals surface area contributed by atoms with Gasteiger partial charge in [-0.25, -0.2) is 4.39 Å². The number of halogens is 2. The minimum absolute atomic E-state index is 0.257. The van der Waals surface area contributed by atoms with Gasteiger partial charge in [0.1, 0.15) is 5.82 Å². The zero-order chi connectivity index (χ0) is 21.6. The fourth-order valence-corrected chi connectivity index (χ4v) is 15.9. The van der Waals surface area contributed by atoms with Gasteiger partial charge in [-0.3, -0.25) is 0 Å². The Morgan fingerprint density at radius 3 is 1.17 bits per heavy atom. The van der Waals surface area contributed by atoms with E-state index in [0.717, 1.165) is 14.7 Å². The standard InChI is InChI=1S/C26H32ClFS/c1-25(2,3)29(27,26(4,5)6,22-13-9-7-10-14-22,23-15-11-8-12-16-23)24-19-17-21(28)18-20-24/h7-20H,1-6H3. The van der Waals surface area contributed by atoms with Crippen LogP contribution in [0.4, 0.5) is 4.39 Å². The lowest BCUT2D eigenvalue weighted by Gasteiger charge is -2.88. The first-order valence-electron chi connectivity index (χ1n) is 10.0. The van der Waals surface area contributed by atoms with Crippen LogP contribution in [0.1, 0.15) is 41.5 Å². The van der Waals surface area contributed by atoms with Crippen molar-refractivity contribution in [2.45, 2.75) is 65.7 Å². The molecule has 0 aliphatic heterocycles. The van der Waals surface area contributed by atoms with Crippen LogP contribution in [0.15, 0.2) is 99.6 Å². The van der Waals surface area contributed by atoms with Gasteiger partial charge in [0, 0.05) is 9.49 Å². The second-order valence-corrected chi connectivity index (χ2v) is 18.7. The Balaban J connectivity index is 2.83. The molecule has 29 heavy (non-hydrogen) atoms. The van der Waals surface area contributed by atoms with Gasteiger partial charge in [-0.05, 0) is 63.2 Å². The molecule has 0 aliphatic carbocycles. The lowest BCUT2D eigenvalue weighted by Crippen LogP contribution is -2.58. The van der Waals surface area contributed by atoms with Crippen LogP contribution in [-0.4, -0.2) is 9.49 Å². The minimum Gasteiger partial charge on any atom is -0.207 e. The van der Waals surface area contributed by atoms with E-state index in [1.807, 2.05) is 24.3 Å². The molecule has 0 aromatic heterocycles. The van der Waals surface area contributed by atoms with Gasteiger partial charge in [-0.2, -0.15) is 0 Å². The highest BCUT2D eigenvalue weighted by atomic mass is 35.7. The summed E-state index contributed by atoms with van der Waals surface area (Å²) in [4.78, 5) is 3.16. The lowest BCUT2D eigenvalue weighted by molar-refractivity contribution is 0.624. The Hall–Kier alpha value is -1.77. The first kappa shape index (κ1) is 21.9. The molecular weight excluding hydrogens is 399 g/mol. The molecule has 0 N–H and O–H groups in total. The third-order valence-electron chi connectivity index (χ3n) is 6.89.